The quantitative estimate of drug-likeness (QED) is 0.903. The third kappa shape index (κ3) is 3.60. The zero-order valence-electron chi connectivity index (χ0n) is 11.6. The molecule has 0 saturated carbocycles. The number of carbonyl (C=O) groups is 2. The molecule has 2 amide bonds. The summed E-state index contributed by atoms with van der Waals surface area (Å²) in [6, 6.07) is 15.1. The van der Waals surface area contributed by atoms with Crippen molar-refractivity contribution in [1.29, 1.82) is 0 Å². The summed E-state index contributed by atoms with van der Waals surface area (Å²) < 4.78 is 0. The summed E-state index contributed by atoms with van der Waals surface area (Å²) in [7, 11) is 0. The van der Waals surface area contributed by atoms with Gasteiger partial charge in [0.2, 0.25) is 0 Å². The molecule has 0 aliphatic rings. The molecule has 0 saturated heterocycles. The summed E-state index contributed by atoms with van der Waals surface area (Å²) in [6.07, 6.45) is 0. The maximum atomic E-state index is 12.3. The third-order valence-corrected chi connectivity index (χ3v) is 3.01. The van der Waals surface area contributed by atoms with Crippen molar-refractivity contribution in [1.82, 2.24) is 0 Å². The highest BCUT2D eigenvalue weighted by Gasteiger charge is 2.13. The van der Waals surface area contributed by atoms with Gasteiger partial charge in [-0.1, -0.05) is 18.2 Å². The molecule has 0 spiro atoms. The minimum Gasteiger partial charge on any atom is -0.478 e. The minimum atomic E-state index is -0.993. The number of benzene rings is 2. The largest absolute Gasteiger partial charge is 0.478 e. The fraction of sp³-hybridized carbons (Fsp3) is 0.125. The first kappa shape index (κ1) is 14.6. The summed E-state index contributed by atoms with van der Waals surface area (Å²) in [5.74, 6) is -0.993. The SMILES string of the molecule is CCN(C(=O)Nc1ccc(C(=O)O)cc1)c1ccccc1. The number of hydrogen-bond donors (Lipinski definition) is 2. The molecule has 0 fully saturated rings. The van der Waals surface area contributed by atoms with Gasteiger partial charge in [0, 0.05) is 17.9 Å². The van der Waals surface area contributed by atoms with E-state index in [0.29, 0.717) is 12.2 Å². The number of hydrogen-bond acceptors (Lipinski definition) is 2. The fourth-order valence-corrected chi connectivity index (χ4v) is 1.94. The third-order valence-electron chi connectivity index (χ3n) is 3.01. The number of carboxylic acids is 1. The van der Waals surface area contributed by atoms with Crippen LogP contribution in [0.2, 0.25) is 0 Å². The van der Waals surface area contributed by atoms with Crippen LogP contribution in [0, 0.1) is 0 Å². The first-order valence-corrected chi connectivity index (χ1v) is 6.58. The Kier molecular flexibility index (Phi) is 4.56. The molecule has 0 bridgehead atoms. The Morgan fingerprint density at radius 1 is 1.05 bits per heavy atom. The molecule has 5 heteroatoms. The van der Waals surface area contributed by atoms with Crippen molar-refractivity contribution < 1.29 is 14.7 Å². The molecular weight excluding hydrogens is 268 g/mol. The van der Waals surface area contributed by atoms with E-state index in [0.717, 1.165) is 5.69 Å². The van der Waals surface area contributed by atoms with Crippen LogP contribution in [0.25, 0.3) is 0 Å². The van der Waals surface area contributed by atoms with Crippen molar-refractivity contribution in [3.05, 3.63) is 60.2 Å². The molecule has 0 aromatic heterocycles. The van der Waals surface area contributed by atoms with Gasteiger partial charge in [-0.25, -0.2) is 9.59 Å². The zero-order valence-corrected chi connectivity index (χ0v) is 11.6. The van der Waals surface area contributed by atoms with Gasteiger partial charge >= 0.3 is 12.0 Å². The van der Waals surface area contributed by atoms with E-state index in [4.69, 9.17) is 5.11 Å². The van der Waals surface area contributed by atoms with E-state index in [9.17, 15) is 9.59 Å². The van der Waals surface area contributed by atoms with Gasteiger partial charge in [0.05, 0.1) is 5.56 Å². The summed E-state index contributed by atoms with van der Waals surface area (Å²) in [5.41, 5.74) is 1.54. The van der Waals surface area contributed by atoms with Crippen molar-refractivity contribution in [2.45, 2.75) is 6.92 Å². The maximum absolute atomic E-state index is 12.3. The van der Waals surface area contributed by atoms with Crippen molar-refractivity contribution in [3.8, 4) is 0 Å². The predicted octanol–water partition coefficient (Wildman–Crippen LogP) is 3.44. The number of aromatic carboxylic acids is 1. The molecule has 0 aliphatic heterocycles. The molecule has 2 aromatic rings. The lowest BCUT2D eigenvalue weighted by Crippen LogP contribution is -2.34. The summed E-state index contributed by atoms with van der Waals surface area (Å²) in [4.78, 5) is 24.6. The van der Waals surface area contributed by atoms with Gasteiger partial charge in [-0.15, -0.1) is 0 Å². The summed E-state index contributed by atoms with van der Waals surface area (Å²) in [5, 5.41) is 11.6. The molecule has 108 valence electrons. The van der Waals surface area contributed by atoms with E-state index >= 15 is 0 Å². The Morgan fingerprint density at radius 3 is 2.19 bits per heavy atom. The molecule has 2 rings (SSSR count). The summed E-state index contributed by atoms with van der Waals surface area (Å²) in [6.45, 7) is 2.42. The number of anilines is 2. The van der Waals surface area contributed by atoms with Gasteiger partial charge in [-0.05, 0) is 43.3 Å². The van der Waals surface area contributed by atoms with E-state index in [-0.39, 0.29) is 11.6 Å². The van der Waals surface area contributed by atoms with Crippen LogP contribution >= 0.6 is 0 Å². The molecule has 0 atom stereocenters. The van der Waals surface area contributed by atoms with Gasteiger partial charge in [0.15, 0.2) is 0 Å². The van der Waals surface area contributed by atoms with Crippen LogP contribution in [0.4, 0.5) is 16.2 Å². The van der Waals surface area contributed by atoms with Crippen molar-refractivity contribution >= 4 is 23.4 Å². The van der Waals surface area contributed by atoms with Gasteiger partial charge in [0.25, 0.3) is 0 Å². The van der Waals surface area contributed by atoms with Crippen LogP contribution in [0.3, 0.4) is 0 Å². The average molecular weight is 284 g/mol. The summed E-state index contributed by atoms with van der Waals surface area (Å²) >= 11 is 0. The Morgan fingerprint density at radius 2 is 1.67 bits per heavy atom. The Labute approximate surface area is 122 Å². The van der Waals surface area contributed by atoms with E-state index < -0.39 is 5.97 Å². The number of nitrogens with one attached hydrogen (secondary N) is 1. The molecule has 0 radical (unpaired) electrons. The lowest BCUT2D eigenvalue weighted by molar-refractivity contribution is 0.0697. The fourth-order valence-electron chi connectivity index (χ4n) is 1.94. The topological polar surface area (TPSA) is 69.6 Å². The Balaban J connectivity index is 2.11. The minimum absolute atomic E-state index is 0.184. The normalized spacial score (nSPS) is 9.95. The van der Waals surface area contributed by atoms with Crippen LogP contribution in [0.15, 0.2) is 54.6 Å². The number of para-hydroxylation sites is 1. The van der Waals surface area contributed by atoms with E-state index in [1.807, 2.05) is 37.3 Å². The maximum Gasteiger partial charge on any atom is 0.335 e. The van der Waals surface area contributed by atoms with Crippen LogP contribution in [0.1, 0.15) is 17.3 Å². The molecule has 5 nitrogen and oxygen atoms in total. The molecule has 2 aromatic carbocycles. The lowest BCUT2D eigenvalue weighted by Gasteiger charge is -2.21. The second-order valence-electron chi connectivity index (χ2n) is 4.39. The molecule has 21 heavy (non-hydrogen) atoms. The standard InChI is InChI=1S/C16H16N2O3/c1-2-18(14-6-4-3-5-7-14)16(21)17-13-10-8-12(9-11-13)15(19)20/h3-11H,2H2,1H3,(H,17,21)(H,19,20). The first-order chi connectivity index (χ1) is 10.1. The smallest absolute Gasteiger partial charge is 0.335 e. The van der Waals surface area contributed by atoms with Gasteiger partial charge < -0.3 is 10.4 Å². The van der Waals surface area contributed by atoms with Crippen LogP contribution < -0.4 is 10.2 Å². The van der Waals surface area contributed by atoms with Gasteiger partial charge in [-0.3, -0.25) is 4.90 Å². The van der Waals surface area contributed by atoms with E-state index in [1.165, 1.54) is 12.1 Å². The second-order valence-corrected chi connectivity index (χ2v) is 4.39. The molecular formula is C16H16N2O3. The van der Waals surface area contributed by atoms with Crippen molar-refractivity contribution in [2.75, 3.05) is 16.8 Å². The molecule has 0 aliphatic carbocycles. The van der Waals surface area contributed by atoms with Gasteiger partial charge in [-0.2, -0.15) is 0 Å². The van der Waals surface area contributed by atoms with Crippen LogP contribution in [0.5, 0.6) is 0 Å². The number of nitrogens with zero attached hydrogens (tertiary/aromatic N) is 1. The van der Waals surface area contributed by atoms with Crippen molar-refractivity contribution in [3.63, 3.8) is 0 Å². The van der Waals surface area contributed by atoms with E-state index in [2.05, 4.69) is 5.32 Å². The van der Waals surface area contributed by atoms with Crippen LogP contribution in [-0.4, -0.2) is 23.7 Å². The molecule has 0 unspecified atom stereocenters. The number of amides is 2. The average Bonchev–Trinajstić information content (AvgIpc) is 2.49. The van der Waals surface area contributed by atoms with Crippen LogP contribution in [-0.2, 0) is 0 Å². The highest BCUT2D eigenvalue weighted by molar-refractivity contribution is 6.01. The Bertz CT molecular complexity index is 624. The lowest BCUT2D eigenvalue weighted by atomic mass is 10.2. The monoisotopic (exact) mass is 284 g/mol. The first-order valence-electron chi connectivity index (χ1n) is 6.58. The van der Waals surface area contributed by atoms with Gasteiger partial charge in [0.1, 0.15) is 0 Å². The Hall–Kier alpha value is -2.82. The van der Waals surface area contributed by atoms with E-state index in [1.54, 1.807) is 17.0 Å². The number of rotatable bonds is 4. The van der Waals surface area contributed by atoms with Crippen molar-refractivity contribution in [2.24, 2.45) is 0 Å². The zero-order chi connectivity index (χ0) is 15.2. The highest BCUT2D eigenvalue weighted by atomic mass is 16.4. The molecule has 0 heterocycles. The number of carboxylic acid groups (broad SMARTS) is 1. The second kappa shape index (κ2) is 6.56. The number of urea groups is 1. The molecule has 2 N–H and O–H groups in total. The highest BCUT2D eigenvalue weighted by Crippen LogP contribution is 2.16. The predicted molar refractivity (Wildman–Crippen MR) is 81.9 cm³/mol. The number of carbonyl (C=O) groups excluding carboxylic acids is 1.